The maximum absolute atomic E-state index is 12.8. The van der Waals surface area contributed by atoms with Crippen LogP contribution in [0.2, 0.25) is 0 Å². The summed E-state index contributed by atoms with van der Waals surface area (Å²) in [7, 11) is 0. The Morgan fingerprint density at radius 3 is 2.78 bits per heavy atom. The minimum Gasteiger partial charge on any atom is -0.335 e. The van der Waals surface area contributed by atoms with E-state index >= 15 is 0 Å². The Kier molecular flexibility index (Phi) is 6.30. The molecule has 4 heterocycles. The second-order valence-electron chi connectivity index (χ2n) is 8.90. The van der Waals surface area contributed by atoms with E-state index in [1.165, 1.54) is 30.6 Å². The predicted octanol–water partition coefficient (Wildman–Crippen LogP) is 4.12. The lowest BCUT2D eigenvalue weighted by molar-refractivity contribution is 0.127. The van der Waals surface area contributed by atoms with Crippen molar-refractivity contribution in [1.82, 2.24) is 25.1 Å². The second kappa shape index (κ2) is 9.33. The quantitative estimate of drug-likeness (QED) is 0.600. The summed E-state index contributed by atoms with van der Waals surface area (Å²) in [6.45, 7) is 5.78. The molecule has 1 aliphatic heterocycles. The highest BCUT2D eigenvalue weighted by atomic mass is 32.1. The summed E-state index contributed by atoms with van der Waals surface area (Å²) in [4.78, 5) is 39.3. The van der Waals surface area contributed by atoms with Gasteiger partial charge < -0.3 is 15.2 Å². The van der Waals surface area contributed by atoms with Crippen molar-refractivity contribution in [3.63, 3.8) is 0 Å². The van der Waals surface area contributed by atoms with Gasteiger partial charge in [0.1, 0.15) is 10.7 Å². The van der Waals surface area contributed by atoms with E-state index in [0.717, 1.165) is 34.8 Å². The molecule has 2 N–H and O–H groups in total. The summed E-state index contributed by atoms with van der Waals surface area (Å²) in [6.07, 6.45) is 4.77. The van der Waals surface area contributed by atoms with Gasteiger partial charge in [0.2, 0.25) is 0 Å². The molecule has 2 atom stereocenters. The van der Waals surface area contributed by atoms with Crippen LogP contribution in [0.15, 0.2) is 27.7 Å². The molecule has 0 spiro atoms. The lowest BCUT2D eigenvalue weighted by atomic mass is 9.86. The molecule has 7 nitrogen and oxygen atoms in total. The molecule has 1 aliphatic carbocycles. The SMILES string of the molecule is C[C@@H]1CCCC[C@H]1NC(=O)N1CCN(Cc2nc3scc(-c4cccs4)c3c(=O)[nH]2)CC1. The van der Waals surface area contributed by atoms with E-state index in [4.69, 9.17) is 4.98 Å². The molecular weight excluding hydrogens is 442 g/mol. The molecule has 9 heteroatoms. The van der Waals surface area contributed by atoms with Gasteiger partial charge in [-0.3, -0.25) is 9.69 Å². The zero-order valence-electron chi connectivity index (χ0n) is 18.3. The van der Waals surface area contributed by atoms with Crippen LogP contribution in [0.5, 0.6) is 0 Å². The van der Waals surface area contributed by atoms with E-state index in [1.54, 1.807) is 11.3 Å². The summed E-state index contributed by atoms with van der Waals surface area (Å²) in [5.74, 6) is 1.25. The van der Waals surface area contributed by atoms with E-state index in [1.807, 2.05) is 27.8 Å². The Bertz CT molecular complexity index is 1130. The van der Waals surface area contributed by atoms with E-state index in [9.17, 15) is 9.59 Å². The molecule has 1 saturated heterocycles. The monoisotopic (exact) mass is 471 g/mol. The topological polar surface area (TPSA) is 81.3 Å². The lowest BCUT2D eigenvalue weighted by Gasteiger charge is -2.37. The van der Waals surface area contributed by atoms with Crippen molar-refractivity contribution in [3.8, 4) is 10.4 Å². The van der Waals surface area contributed by atoms with Gasteiger partial charge in [0.25, 0.3) is 5.56 Å². The predicted molar refractivity (Wildman–Crippen MR) is 130 cm³/mol. The summed E-state index contributed by atoms with van der Waals surface area (Å²) in [5.41, 5.74) is 0.890. The van der Waals surface area contributed by atoms with Gasteiger partial charge in [0, 0.05) is 48.0 Å². The smallest absolute Gasteiger partial charge is 0.317 e. The van der Waals surface area contributed by atoms with Crippen LogP contribution in [-0.4, -0.2) is 58.0 Å². The van der Waals surface area contributed by atoms with Crippen molar-refractivity contribution in [3.05, 3.63) is 39.1 Å². The summed E-state index contributed by atoms with van der Waals surface area (Å²) >= 11 is 3.15. The number of nitrogens with zero attached hydrogens (tertiary/aromatic N) is 3. The number of urea groups is 1. The molecule has 5 rings (SSSR count). The summed E-state index contributed by atoms with van der Waals surface area (Å²) < 4.78 is 0. The Morgan fingerprint density at radius 2 is 2.03 bits per heavy atom. The highest BCUT2D eigenvalue weighted by Crippen LogP contribution is 2.33. The van der Waals surface area contributed by atoms with Crippen LogP contribution in [0.3, 0.4) is 0 Å². The van der Waals surface area contributed by atoms with Crippen LogP contribution in [0.1, 0.15) is 38.4 Å². The first kappa shape index (κ1) is 21.6. The molecule has 3 aromatic rings. The Labute approximate surface area is 195 Å². The van der Waals surface area contributed by atoms with Crippen molar-refractivity contribution in [2.45, 2.75) is 45.2 Å². The molecule has 3 aromatic heterocycles. The molecule has 32 heavy (non-hydrogen) atoms. The van der Waals surface area contributed by atoms with Gasteiger partial charge >= 0.3 is 6.03 Å². The summed E-state index contributed by atoms with van der Waals surface area (Å²) in [6, 6.07) is 4.40. The molecule has 0 bridgehead atoms. The Balaban J connectivity index is 1.20. The van der Waals surface area contributed by atoms with Crippen LogP contribution in [0.25, 0.3) is 20.7 Å². The molecule has 170 valence electrons. The fraction of sp³-hybridized carbons (Fsp3) is 0.522. The summed E-state index contributed by atoms with van der Waals surface area (Å²) in [5, 5.41) is 7.97. The number of rotatable bonds is 4. The van der Waals surface area contributed by atoms with E-state index in [-0.39, 0.29) is 11.6 Å². The fourth-order valence-electron chi connectivity index (χ4n) is 4.78. The standard InChI is InChI=1S/C23H29N5O2S2/c1-15-5-2-3-6-17(15)24-23(30)28-10-8-27(9-11-28)13-19-25-21(29)20-16(14-32-22(20)26-19)18-7-4-12-31-18/h4,7,12,14-15,17H,2-3,5-6,8-11,13H2,1H3,(H,24,30)(H,25,26,29)/t15-,17-/m1/s1. The van der Waals surface area contributed by atoms with E-state index in [2.05, 4.69) is 22.1 Å². The first-order valence-electron chi connectivity index (χ1n) is 11.4. The number of thiophene rings is 2. The third kappa shape index (κ3) is 4.46. The molecule has 1 saturated carbocycles. The van der Waals surface area contributed by atoms with Gasteiger partial charge in [-0.2, -0.15) is 0 Å². The number of piperazine rings is 1. The number of hydrogen-bond donors (Lipinski definition) is 2. The van der Waals surface area contributed by atoms with E-state index in [0.29, 0.717) is 42.8 Å². The highest BCUT2D eigenvalue weighted by Gasteiger charge is 2.27. The first-order valence-corrected chi connectivity index (χ1v) is 13.2. The zero-order chi connectivity index (χ0) is 22.1. The van der Waals surface area contributed by atoms with Crippen molar-refractivity contribution in [2.24, 2.45) is 5.92 Å². The Hall–Kier alpha value is -2.23. The van der Waals surface area contributed by atoms with Gasteiger partial charge in [-0.25, -0.2) is 9.78 Å². The number of carbonyl (C=O) groups is 1. The third-order valence-electron chi connectivity index (χ3n) is 6.73. The van der Waals surface area contributed by atoms with Crippen molar-refractivity contribution >= 4 is 38.9 Å². The van der Waals surface area contributed by atoms with Crippen LogP contribution in [0.4, 0.5) is 4.79 Å². The molecular formula is C23H29N5O2S2. The number of amides is 2. The largest absolute Gasteiger partial charge is 0.335 e. The molecule has 0 radical (unpaired) electrons. The van der Waals surface area contributed by atoms with Crippen LogP contribution in [-0.2, 0) is 6.54 Å². The fourth-order valence-corrected chi connectivity index (χ4v) is 6.56. The zero-order valence-corrected chi connectivity index (χ0v) is 19.9. The lowest BCUT2D eigenvalue weighted by Crippen LogP contribution is -2.54. The van der Waals surface area contributed by atoms with Crippen LogP contribution < -0.4 is 10.9 Å². The van der Waals surface area contributed by atoms with Crippen LogP contribution in [0, 0.1) is 5.92 Å². The van der Waals surface area contributed by atoms with Crippen LogP contribution >= 0.6 is 22.7 Å². The average Bonchev–Trinajstić information content (AvgIpc) is 3.46. The number of nitrogens with one attached hydrogen (secondary N) is 2. The first-order chi connectivity index (χ1) is 15.6. The van der Waals surface area contributed by atoms with Gasteiger partial charge in [0.15, 0.2) is 0 Å². The Morgan fingerprint density at radius 1 is 1.22 bits per heavy atom. The molecule has 2 aliphatic rings. The van der Waals surface area contributed by atoms with E-state index < -0.39 is 0 Å². The molecule has 0 aromatic carbocycles. The third-order valence-corrected chi connectivity index (χ3v) is 8.51. The van der Waals surface area contributed by atoms with Crippen molar-refractivity contribution in [2.75, 3.05) is 26.2 Å². The highest BCUT2D eigenvalue weighted by molar-refractivity contribution is 7.18. The minimum atomic E-state index is -0.0748. The number of fused-ring (bicyclic) bond motifs is 1. The number of aromatic amines is 1. The van der Waals surface area contributed by atoms with Gasteiger partial charge in [-0.05, 0) is 30.2 Å². The van der Waals surface area contributed by atoms with Gasteiger partial charge in [-0.1, -0.05) is 25.8 Å². The normalized spacial score (nSPS) is 22.3. The second-order valence-corrected chi connectivity index (χ2v) is 10.7. The van der Waals surface area contributed by atoms with Crippen molar-refractivity contribution < 1.29 is 4.79 Å². The minimum absolute atomic E-state index is 0.0658. The van der Waals surface area contributed by atoms with Gasteiger partial charge in [-0.15, -0.1) is 22.7 Å². The average molecular weight is 472 g/mol. The maximum Gasteiger partial charge on any atom is 0.317 e. The molecule has 2 amide bonds. The maximum atomic E-state index is 12.8. The molecule has 0 unspecified atom stereocenters. The number of hydrogen-bond acceptors (Lipinski definition) is 6. The number of H-pyrrole nitrogens is 1. The number of carbonyl (C=O) groups excluding carboxylic acids is 1. The van der Waals surface area contributed by atoms with Gasteiger partial charge in [0.05, 0.1) is 11.9 Å². The molecule has 2 fully saturated rings. The number of aromatic nitrogens is 2. The van der Waals surface area contributed by atoms with Crippen molar-refractivity contribution in [1.29, 1.82) is 0 Å².